The molecule has 5 heavy (non-hydrogen) atoms. The van der Waals surface area contributed by atoms with E-state index in [1.54, 1.807) is 0 Å². The van der Waals surface area contributed by atoms with Gasteiger partial charge in [-0.05, 0) is 0 Å². The fraction of sp³-hybridized carbons (Fsp3) is 0. The maximum Gasteiger partial charge on any atom is 0.126 e. The first-order chi connectivity index (χ1) is 1.00. The van der Waals surface area contributed by atoms with E-state index < -0.39 is 0 Å². The molecule has 0 N–H and O–H groups in total. The summed E-state index contributed by atoms with van der Waals surface area (Å²) < 4.78 is 0. The second-order valence-corrected chi connectivity index (χ2v) is 0. The fourth-order valence-electron chi connectivity index (χ4n) is 0. The second-order valence-electron chi connectivity index (χ2n) is 0. The molecule has 0 fully saturated rings. The third-order valence-corrected chi connectivity index (χ3v) is 0. The standard InChI is InChI=1S/BH4P.Co.Ni.Zn/c1-2;;;/h1-2H2;;;. The van der Waals surface area contributed by atoms with Gasteiger partial charge >= 0.3 is 0 Å². The average Bonchev–Trinajstić information content (AvgIpc) is 1.00. The average molecular weight is 229 g/mol. The predicted molar refractivity (Wildman–Crippen MR) is 18.3 cm³/mol. The quantitative estimate of drug-likeness (QED) is 0.384. The van der Waals surface area contributed by atoms with Crippen LogP contribution in [0, 0.1) is 0 Å². The van der Waals surface area contributed by atoms with Crippen LogP contribution in [0.25, 0.3) is 0 Å². The third kappa shape index (κ3) is 23.1. The second kappa shape index (κ2) is 35.7. The van der Waals surface area contributed by atoms with Crippen LogP contribution in [0.2, 0.25) is 0 Å². The van der Waals surface area contributed by atoms with E-state index in [1.165, 1.54) is 0 Å². The van der Waals surface area contributed by atoms with Crippen molar-refractivity contribution >= 4 is 16.7 Å². The van der Waals surface area contributed by atoms with E-state index in [-0.39, 0.29) is 52.7 Å². The largest absolute Gasteiger partial charge is 0.179 e. The molecule has 0 amide bonds. The van der Waals surface area contributed by atoms with Crippen molar-refractivity contribution in [2.45, 2.75) is 0 Å². The van der Waals surface area contributed by atoms with Crippen LogP contribution < -0.4 is 0 Å². The molecule has 0 saturated heterocycles. The normalized spacial score (nSPS) is 1.00. The zero-order valence-corrected chi connectivity index (χ0v) is 9.08. The van der Waals surface area contributed by atoms with Crippen LogP contribution in [-0.2, 0) is 52.7 Å². The Labute approximate surface area is 69.1 Å². The summed E-state index contributed by atoms with van der Waals surface area (Å²) in [5.74, 6) is 0. The molecule has 0 rings (SSSR count). The van der Waals surface area contributed by atoms with Gasteiger partial charge in [-0.2, -0.15) is 9.12 Å². The molecule has 0 aliphatic rings. The van der Waals surface area contributed by atoms with Gasteiger partial charge in [0.25, 0.3) is 0 Å². The third-order valence-electron chi connectivity index (χ3n) is 0. The van der Waals surface area contributed by atoms with Gasteiger partial charge in [-0.25, -0.2) is 0 Å². The SMILES string of the molecule is BP.[Co].[Ni].[Zn]. The van der Waals surface area contributed by atoms with Gasteiger partial charge in [0.2, 0.25) is 0 Å². The Hall–Kier alpha value is 2.12. The van der Waals surface area contributed by atoms with Crippen LogP contribution in [-0.4, -0.2) is 7.57 Å². The summed E-state index contributed by atoms with van der Waals surface area (Å²) >= 11 is 0. The van der Waals surface area contributed by atoms with E-state index in [2.05, 4.69) is 9.12 Å². The van der Waals surface area contributed by atoms with Crippen LogP contribution in [0.1, 0.15) is 0 Å². The summed E-state index contributed by atoms with van der Waals surface area (Å²) in [7, 11) is 4.33. The first-order valence-electron chi connectivity index (χ1n) is 0.577. The molecule has 1 radical (unpaired) electrons. The molecule has 0 aliphatic carbocycles. The van der Waals surface area contributed by atoms with Crippen LogP contribution in [0.3, 0.4) is 0 Å². The number of rotatable bonds is 0. The van der Waals surface area contributed by atoms with Crippen LogP contribution >= 0.6 is 9.12 Å². The van der Waals surface area contributed by atoms with Crippen LogP contribution in [0.4, 0.5) is 0 Å². The minimum absolute atomic E-state index is 0. The minimum Gasteiger partial charge on any atom is -0.179 e. The molecule has 0 aliphatic heterocycles. The van der Waals surface area contributed by atoms with Crippen LogP contribution in [0.15, 0.2) is 0 Å². The molecule has 0 heterocycles. The Kier molecular flexibility index (Phi) is 196. The molecule has 1 atom stereocenters. The molecular weight excluding hydrogens is 225 g/mol. The maximum absolute atomic E-state index is 2.42. The van der Waals surface area contributed by atoms with Gasteiger partial charge in [0.05, 0.1) is 0 Å². The summed E-state index contributed by atoms with van der Waals surface area (Å²) in [5, 5.41) is 0. The van der Waals surface area contributed by atoms with E-state index in [0.717, 1.165) is 0 Å². The predicted octanol–water partition coefficient (Wildman–Crippen LogP) is -0.598. The van der Waals surface area contributed by atoms with Gasteiger partial charge in [-0.1, -0.05) is 0 Å². The van der Waals surface area contributed by atoms with Crippen LogP contribution in [0.5, 0.6) is 0 Å². The summed E-state index contributed by atoms with van der Waals surface area (Å²) in [4.78, 5) is 0. The topological polar surface area (TPSA) is 0 Å². The van der Waals surface area contributed by atoms with Crippen molar-refractivity contribution in [3.63, 3.8) is 0 Å². The molecular formula is H4BCoNiPZn. The molecule has 0 spiro atoms. The van der Waals surface area contributed by atoms with E-state index in [1.807, 2.05) is 7.57 Å². The Morgan fingerprint density at radius 1 is 1.20 bits per heavy atom. The van der Waals surface area contributed by atoms with Crippen molar-refractivity contribution in [2.24, 2.45) is 0 Å². The molecule has 5 heteroatoms. The van der Waals surface area contributed by atoms with Gasteiger partial charge in [0, 0.05) is 52.7 Å². The molecule has 33 valence electrons. The number of hydrogen-bond donors (Lipinski definition) is 0. The maximum atomic E-state index is 2.42. The molecule has 0 nitrogen and oxygen atoms in total. The van der Waals surface area contributed by atoms with Gasteiger partial charge in [0.15, 0.2) is 0 Å². The Morgan fingerprint density at radius 3 is 1.20 bits per heavy atom. The Balaban J connectivity index is -0.00000000167. The summed E-state index contributed by atoms with van der Waals surface area (Å²) in [6, 6.07) is 0. The Bertz CT molecular complexity index is 11.6. The molecule has 0 aromatic rings. The summed E-state index contributed by atoms with van der Waals surface area (Å²) in [6.45, 7) is 0. The van der Waals surface area contributed by atoms with Gasteiger partial charge in [-0.15, -0.1) is 0 Å². The van der Waals surface area contributed by atoms with E-state index in [9.17, 15) is 0 Å². The van der Waals surface area contributed by atoms with Gasteiger partial charge in [-0.3, -0.25) is 0 Å². The van der Waals surface area contributed by atoms with Crippen molar-refractivity contribution in [1.29, 1.82) is 0 Å². The first kappa shape index (κ1) is 27.4. The summed E-state index contributed by atoms with van der Waals surface area (Å²) in [5.41, 5.74) is 0. The molecule has 0 aromatic heterocycles. The molecule has 1 unspecified atom stereocenters. The van der Waals surface area contributed by atoms with Crippen molar-refractivity contribution in [3.8, 4) is 0 Å². The number of hydrogen-bond acceptors (Lipinski definition) is 0. The Morgan fingerprint density at radius 2 is 1.20 bits per heavy atom. The smallest absolute Gasteiger partial charge is 0.126 e. The van der Waals surface area contributed by atoms with E-state index in [0.29, 0.717) is 0 Å². The van der Waals surface area contributed by atoms with E-state index in [4.69, 9.17) is 0 Å². The van der Waals surface area contributed by atoms with E-state index >= 15 is 0 Å². The van der Waals surface area contributed by atoms with Crippen molar-refractivity contribution in [3.05, 3.63) is 0 Å². The molecule has 0 bridgehead atoms. The monoisotopic (exact) mass is 227 g/mol. The molecule has 0 saturated carbocycles. The fourth-order valence-corrected chi connectivity index (χ4v) is 0. The first-order valence-corrected chi connectivity index (χ1v) is 1.73. The zero-order valence-electron chi connectivity index (χ0n) is 2.93. The van der Waals surface area contributed by atoms with Crippen molar-refractivity contribution in [1.82, 2.24) is 0 Å². The summed E-state index contributed by atoms with van der Waals surface area (Å²) in [6.07, 6.45) is 0. The van der Waals surface area contributed by atoms with Crippen molar-refractivity contribution < 1.29 is 52.7 Å². The van der Waals surface area contributed by atoms with Gasteiger partial charge in [0.1, 0.15) is 7.57 Å². The van der Waals surface area contributed by atoms with Gasteiger partial charge < -0.3 is 0 Å². The van der Waals surface area contributed by atoms with Crippen molar-refractivity contribution in [2.75, 3.05) is 0 Å². The molecule has 0 aromatic carbocycles. The minimum atomic E-state index is 0. The zero-order chi connectivity index (χ0) is 2.00.